The van der Waals surface area contributed by atoms with Gasteiger partial charge in [-0.2, -0.15) is 0 Å². The van der Waals surface area contributed by atoms with Crippen LogP contribution in [0.25, 0.3) is 0 Å². The molecule has 0 radical (unpaired) electrons. The van der Waals surface area contributed by atoms with E-state index >= 15 is 0 Å². The fourth-order valence-electron chi connectivity index (χ4n) is 1.48. The van der Waals surface area contributed by atoms with Crippen LogP contribution in [0.5, 0.6) is 0 Å². The van der Waals surface area contributed by atoms with Crippen molar-refractivity contribution in [3.63, 3.8) is 0 Å². The van der Waals surface area contributed by atoms with Crippen molar-refractivity contribution in [2.24, 2.45) is 0 Å². The van der Waals surface area contributed by atoms with Gasteiger partial charge >= 0.3 is 0 Å². The maximum absolute atomic E-state index is 13.4. The summed E-state index contributed by atoms with van der Waals surface area (Å²) in [6, 6.07) is 4.32. The summed E-state index contributed by atoms with van der Waals surface area (Å²) < 4.78 is 23.7. The van der Waals surface area contributed by atoms with Gasteiger partial charge in [0.05, 0.1) is 31.1 Å². The quantitative estimate of drug-likeness (QED) is 0.772. The van der Waals surface area contributed by atoms with E-state index in [9.17, 15) is 9.50 Å². The van der Waals surface area contributed by atoms with E-state index in [2.05, 4.69) is 5.32 Å². The standard InChI is InChI=1S/C13H19ClFNO3/c1-9(7-18-2)19-8-11(17)6-16-13-4-3-10(14)5-12(13)15/h3-5,9,11,16-17H,6-8H2,1-2H3. The number of benzene rings is 1. The SMILES string of the molecule is COCC(C)OCC(O)CNc1ccc(Cl)cc1F. The second-order valence-electron chi connectivity index (χ2n) is 4.26. The zero-order valence-corrected chi connectivity index (χ0v) is 11.8. The first kappa shape index (κ1) is 16.2. The minimum Gasteiger partial charge on any atom is -0.389 e. The van der Waals surface area contributed by atoms with Gasteiger partial charge in [-0.1, -0.05) is 11.6 Å². The zero-order chi connectivity index (χ0) is 14.3. The number of hydrogen-bond acceptors (Lipinski definition) is 4. The minimum absolute atomic E-state index is 0.0908. The number of ether oxygens (including phenoxy) is 2. The number of nitrogens with one attached hydrogen (secondary N) is 1. The number of aliphatic hydroxyl groups excluding tert-OH is 1. The van der Waals surface area contributed by atoms with Gasteiger partial charge in [0.2, 0.25) is 0 Å². The molecule has 0 aliphatic rings. The summed E-state index contributed by atoms with van der Waals surface area (Å²) in [4.78, 5) is 0. The average molecular weight is 292 g/mol. The minimum atomic E-state index is -0.727. The molecule has 0 saturated heterocycles. The fraction of sp³-hybridized carbons (Fsp3) is 0.538. The van der Waals surface area contributed by atoms with Gasteiger partial charge in [0.15, 0.2) is 0 Å². The summed E-state index contributed by atoms with van der Waals surface area (Å²) >= 11 is 5.64. The molecule has 0 saturated carbocycles. The fourth-order valence-corrected chi connectivity index (χ4v) is 1.64. The van der Waals surface area contributed by atoms with Crippen molar-refractivity contribution in [3.05, 3.63) is 29.0 Å². The highest BCUT2D eigenvalue weighted by atomic mass is 35.5. The van der Waals surface area contributed by atoms with E-state index in [-0.39, 0.29) is 19.3 Å². The molecule has 0 aromatic heterocycles. The normalized spacial score (nSPS) is 14.2. The van der Waals surface area contributed by atoms with Crippen LogP contribution in [0.1, 0.15) is 6.92 Å². The molecule has 1 aromatic carbocycles. The van der Waals surface area contributed by atoms with E-state index in [1.54, 1.807) is 13.2 Å². The summed E-state index contributed by atoms with van der Waals surface area (Å²) in [6.07, 6.45) is -0.818. The molecule has 19 heavy (non-hydrogen) atoms. The Balaban J connectivity index is 2.31. The Hall–Kier alpha value is -0.880. The van der Waals surface area contributed by atoms with E-state index in [4.69, 9.17) is 21.1 Å². The van der Waals surface area contributed by atoms with Crippen LogP contribution in [0.3, 0.4) is 0 Å². The molecule has 0 bridgehead atoms. The third kappa shape index (κ3) is 6.20. The predicted molar refractivity (Wildman–Crippen MR) is 73.2 cm³/mol. The Morgan fingerprint density at radius 2 is 2.16 bits per heavy atom. The van der Waals surface area contributed by atoms with Gasteiger partial charge in [0.25, 0.3) is 0 Å². The maximum Gasteiger partial charge on any atom is 0.147 e. The third-order valence-electron chi connectivity index (χ3n) is 2.43. The van der Waals surface area contributed by atoms with Crippen molar-refractivity contribution in [2.45, 2.75) is 19.1 Å². The van der Waals surface area contributed by atoms with Gasteiger partial charge in [-0.15, -0.1) is 0 Å². The molecule has 6 heteroatoms. The molecule has 0 spiro atoms. The number of anilines is 1. The van der Waals surface area contributed by atoms with Crippen LogP contribution in [0, 0.1) is 5.82 Å². The van der Waals surface area contributed by atoms with Gasteiger partial charge in [0.1, 0.15) is 5.82 Å². The van der Waals surface area contributed by atoms with Gasteiger partial charge in [-0.05, 0) is 25.1 Å². The van der Waals surface area contributed by atoms with Gasteiger partial charge < -0.3 is 19.9 Å². The first-order valence-electron chi connectivity index (χ1n) is 6.00. The summed E-state index contributed by atoms with van der Waals surface area (Å²) in [5.41, 5.74) is 0.299. The lowest BCUT2D eigenvalue weighted by Gasteiger charge is -2.17. The summed E-state index contributed by atoms with van der Waals surface area (Å²) in [5, 5.41) is 12.8. The lowest BCUT2D eigenvalue weighted by molar-refractivity contribution is -0.0282. The smallest absolute Gasteiger partial charge is 0.147 e. The molecule has 1 aromatic rings. The first-order valence-corrected chi connectivity index (χ1v) is 6.38. The van der Waals surface area contributed by atoms with Gasteiger partial charge in [-0.3, -0.25) is 0 Å². The summed E-state index contributed by atoms with van der Waals surface area (Å²) in [6.45, 7) is 2.67. The number of aliphatic hydroxyl groups is 1. The molecule has 108 valence electrons. The molecule has 2 unspecified atom stereocenters. The molecule has 2 N–H and O–H groups in total. The molecule has 0 aliphatic heterocycles. The zero-order valence-electron chi connectivity index (χ0n) is 11.0. The highest BCUT2D eigenvalue weighted by molar-refractivity contribution is 6.30. The van der Waals surface area contributed by atoms with Crippen molar-refractivity contribution in [1.29, 1.82) is 0 Å². The number of rotatable bonds is 8. The van der Waals surface area contributed by atoms with E-state index in [0.717, 1.165) is 0 Å². The van der Waals surface area contributed by atoms with Crippen LogP contribution < -0.4 is 5.32 Å². The van der Waals surface area contributed by atoms with Crippen LogP contribution in [0.4, 0.5) is 10.1 Å². The Morgan fingerprint density at radius 1 is 1.42 bits per heavy atom. The van der Waals surface area contributed by atoms with Crippen molar-refractivity contribution in [3.8, 4) is 0 Å². The van der Waals surface area contributed by atoms with Gasteiger partial charge in [-0.25, -0.2) is 4.39 Å². The van der Waals surface area contributed by atoms with Crippen molar-refractivity contribution < 1.29 is 19.0 Å². The Morgan fingerprint density at radius 3 is 2.79 bits per heavy atom. The Kier molecular flexibility index (Phi) is 7.09. The predicted octanol–water partition coefficient (Wildman–Crippen LogP) is 2.30. The van der Waals surface area contributed by atoms with E-state index < -0.39 is 11.9 Å². The number of halogens is 2. The lowest BCUT2D eigenvalue weighted by Crippen LogP contribution is -2.28. The van der Waals surface area contributed by atoms with E-state index in [0.29, 0.717) is 17.3 Å². The van der Waals surface area contributed by atoms with Crippen LogP contribution in [-0.4, -0.2) is 44.2 Å². The molecule has 0 amide bonds. The van der Waals surface area contributed by atoms with Crippen LogP contribution in [0.2, 0.25) is 5.02 Å². The third-order valence-corrected chi connectivity index (χ3v) is 2.67. The van der Waals surface area contributed by atoms with Gasteiger partial charge in [0, 0.05) is 18.7 Å². The van der Waals surface area contributed by atoms with Crippen LogP contribution in [0.15, 0.2) is 18.2 Å². The Labute approximate surface area is 117 Å². The maximum atomic E-state index is 13.4. The first-order chi connectivity index (χ1) is 9.02. The molecule has 0 heterocycles. The molecular formula is C13H19ClFNO3. The molecule has 2 atom stereocenters. The molecular weight excluding hydrogens is 273 g/mol. The summed E-state index contributed by atoms with van der Waals surface area (Å²) in [7, 11) is 1.58. The molecule has 0 aliphatic carbocycles. The van der Waals surface area contributed by atoms with Crippen molar-refractivity contribution in [2.75, 3.05) is 32.2 Å². The van der Waals surface area contributed by atoms with Crippen molar-refractivity contribution in [1.82, 2.24) is 0 Å². The summed E-state index contributed by atoms with van der Waals surface area (Å²) in [5.74, 6) is -0.451. The van der Waals surface area contributed by atoms with Crippen LogP contribution >= 0.6 is 11.6 Å². The van der Waals surface area contributed by atoms with E-state index in [1.807, 2.05) is 6.92 Å². The molecule has 1 rings (SSSR count). The average Bonchev–Trinajstić information content (AvgIpc) is 2.35. The molecule has 0 fully saturated rings. The largest absolute Gasteiger partial charge is 0.389 e. The lowest BCUT2D eigenvalue weighted by atomic mass is 10.3. The molecule has 4 nitrogen and oxygen atoms in total. The van der Waals surface area contributed by atoms with Crippen LogP contribution in [-0.2, 0) is 9.47 Å². The van der Waals surface area contributed by atoms with E-state index in [1.165, 1.54) is 12.1 Å². The number of hydrogen-bond donors (Lipinski definition) is 2. The highest BCUT2D eigenvalue weighted by Crippen LogP contribution is 2.18. The van der Waals surface area contributed by atoms with Crippen molar-refractivity contribution >= 4 is 17.3 Å². The monoisotopic (exact) mass is 291 g/mol. The topological polar surface area (TPSA) is 50.7 Å². The second-order valence-corrected chi connectivity index (χ2v) is 4.69. The Bertz CT molecular complexity index is 392. The second kappa shape index (κ2) is 8.32. The number of methoxy groups -OCH3 is 1. The highest BCUT2D eigenvalue weighted by Gasteiger charge is 2.09.